The Morgan fingerprint density at radius 3 is 2.09 bits per heavy atom. The summed E-state index contributed by atoms with van der Waals surface area (Å²) in [4.78, 5) is 17.5. The topological polar surface area (TPSA) is 41.4 Å². The fourth-order valence-corrected chi connectivity index (χ4v) is 4.27. The van der Waals surface area contributed by atoms with Gasteiger partial charge in [-0.1, -0.05) is 63.2 Å². The van der Waals surface area contributed by atoms with E-state index in [1.807, 2.05) is 48.3 Å². The maximum Gasteiger partial charge on any atom is 0.272 e. The first-order valence-corrected chi connectivity index (χ1v) is 11.1. The van der Waals surface area contributed by atoms with E-state index >= 15 is 0 Å². The lowest BCUT2D eigenvalue weighted by molar-refractivity contribution is 0.0587. The molecular formula is C26H31FN4O. The Labute approximate surface area is 189 Å². The average Bonchev–Trinajstić information content (AvgIpc) is 3.18. The van der Waals surface area contributed by atoms with Gasteiger partial charge in [0.1, 0.15) is 11.5 Å². The highest BCUT2D eigenvalue weighted by Gasteiger charge is 2.30. The van der Waals surface area contributed by atoms with Crippen LogP contribution in [-0.4, -0.2) is 51.7 Å². The van der Waals surface area contributed by atoms with Gasteiger partial charge in [-0.15, -0.1) is 0 Å². The van der Waals surface area contributed by atoms with Crippen molar-refractivity contribution in [3.8, 4) is 0 Å². The molecule has 1 saturated heterocycles. The van der Waals surface area contributed by atoms with Gasteiger partial charge in [0.25, 0.3) is 5.91 Å². The molecule has 1 aliphatic rings. The van der Waals surface area contributed by atoms with Crippen molar-refractivity contribution < 1.29 is 9.18 Å². The number of carbonyl (C=O) groups is 1. The molecule has 0 spiro atoms. The number of hydrogen-bond acceptors (Lipinski definition) is 3. The molecule has 5 nitrogen and oxygen atoms in total. The van der Waals surface area contributed by atoms with E-state index in [-0.39, 0.29) is 23.2 Å². The minimum absolute atomic E-state index is 0.0215. The molecule has 1 atom stereocenters. The highest BCUT2D eigenvalue weighted by atomic mass is 19.1. The summed E-state index contributed by atoms with van der Waals surface area (Å²) in [7, 11) is 1.83. The quantitative estimate of drug-likeness (QED) is 0.611. The molecular weight excluding hydrogens is 403 g/mol. The van der Waals surface area contributed by atoms with E-state index in [0.717, 1.165) is 24.3 Å². The number of nitrogens with zero attached hydrogens (tertiary/aromatic N) is 4. The molecule has 6 heteroatoms. The third-order valence-electron chi connectivity index (χ3n) is 6.14. The van der Waals surface area contributed by atoms with Crippen LogP contribution in [0.15, 0.2) is 60.7 Å². The summed E-state index contributed by atoms with van der Waals surface area (Å²) >= 11 is 0. The molecule has 0 saturated carbocycles. The van der Waals surface area contributed by atoms with Crippen molar-refractivity contribution in [2.75, 3.05) is 26.2 Å². The van der Waals surface area contributed by atoms with Gasteiger partial charge in [-0.3, -0.25) is 14.4 Å². The number of carbonyl (C=O) groups excluding carboxylic acids is 1. The van der Waals surface area contributed by atoms with E-state index in [9.17, 15) is 9.18 Å². The zero-order valence-electron chi connectivity index (χ0n) is 19.3. The Balaban J connectivity index is 1.52. The zero-order chi connectivity index (χ0) is 22.9. The SMILES string of the molecule is Cn1nc(C(C)(C)C)cc1C(=O)N1CCN([C@@H](c2ccccc2)c2ccc(F)cc2)CC1. The van der Waals surface area contributed by atoms with Gasteiger partial charge < -0.3 is 4.90 Å². The Hall–Kier alpha value is -2.99. The summed E-state index contributed by atoms with van der Waals surface area (Å²) < 4.78 is 15.2. The number of rotatable bonds is 4. The molecule has 0 N–H and O–H groups in total. The lowest BCUT2D eigenvalue weighted by Gasteiger charge is -2.39. The third-order valence-corrected chi connectivity index (χ3v) is 6.14. The molecule has 0 bridgehead atoms. The molecule has 32 heavy (non-hydrogen) atoms. The van der Waals surface area contributed by atoms with Crippen LogP contribution in [0.25, 0.3) is 0 Å². The van der Waals surface area contributed by atoms with Crippen LogP contribution in [0, 0.1) is 5.82 Å². The van der Waals surface area contributed by atoms with Gasteiger partial charge in [-0.25, -0.2) is 4.39 Å². The fourth-order valence-electron chi connectivity index (χ4n) is 4.27. The van der Waals surface area contributed by atoms with Crippen molar-refractivity contribution in [1.29, 1.82) is 0 Å². The van der Waals surface area contributed by atoms with Crippen LogP contribution in [0.4, 0.5) is 4.39 Å². The predicted molar refractivity (Wildman–Crippen MR) is 124 cm³/mol. The van der Waals surface area contributed by atoms with Crippen LogP contribution in [0.1, 0.15) is 54.1 Å². The van der Waals surface area contributed by atoms with Gasteiger partial charge in [0.2, 0.25) is 0 Å². The van der Waals surface area contributed by atoms with Crippen molar-refractivity contribution in [1.82, 2.24) is 19.6 Å². The van der Waals surface area contributed by atoms with Crippen LogP contribution < -0.4 is 0 Å². The number of hydrogen-bond donors (Lipinski definition) is 0. The van der Waals surface area contributed by atoms with Gasteiger partial charge in [0.05, 0.1) is 11.7 Å². The van der Waals surface area contributed by atoms with E-state index in [1.54, 1.807) is 4.68 Å². The molecule has 1 amide bonds. The Morgan fingerprint density at radius 2 is 1.53 bits per heavy atom. The van der Waals surface area contributed by atoms with Crippen LogP contribution in [0.2, 0.25) is 0 Å². The van der Waals surface area contributed by atoms with E-state index in [4.69, 9.17) is 0 Å². The summed E-state index contributed by atoms with van der Waals surface area (Å²) in [5.41, 5.74) is 3.66. The average molecular weight is 435 g/mol. The summed E-state index contributed by atoms with van der Waals surface area (Å²) in [5.74, 6) is -0.213. The zero-order valence-corrected chi connectivity index (χ0v) is 19.3. The largest absolute Gasteiger partial charge is 0.335 e. The molecule has 0 aliphatic carbocycles. The smallest absolute Gasteiger partial charge is 0.272 e. The number of amides is 1. The molecule has 4 rings (SSSR count). The number of aryl methyl sites for hydroxylation is 1. The predicted octanol–water partition coefficient (Wildman–Crippen LogP) is 4.40. The summed E-state index contributed by atoms with van der Waals surface area (Å²) in [5, 5.41) is 4.56. The van der Waals surface area contributed by atoms with Crippen molar-refractivity contribution in [2.45, 2.75) is 32.2 Å². The summed E-state index contributed by atoms with van der Waals surface area (Å²) in [6, 6.07) is 19.0. The van der Waals surface area contributed by atoms with Crippen molar-refractivity contribution in [2.24, 2.45) is 7.05 Å². The number of halogens is 1. The number of benzene rings is 2. The second-order valence-electron chi connectivity index (χ2n) is 9.48. The van der Waals surface area contributed by atoms with Gasteiger partial charge in [-0.2, -0.15) is 5.10 Å². The molecule has 1 aliphatic heterocycles. The maximum absolute atomic E-state index is 13.5. The number of aromatic nitrogens is 2. The second kappa shape index (κ2) is 8.87. The van der Waals surface area contributed by atoms with E-state index in [1.165, 1.54) is 17.7 Å². The molecule has 168 valence electrons. The van der Waals surface area contributed by atoms with Crippen LogP contribution in [-0.2, 0) is 12.5 Å². The van der Waals surface area contributed by atoms with Crippen molar-refractivity contribution in [3.05, 3.63) is 89.0 Å². The minimum atomic E-state index is -0.234. The Bertz CT molecular complexity index is 1060. The monoisotopic (exact) mass is 434 g/mol. The first-order chi connectivity index (χ1) is 15.2. The Morgan fingerprint density at radius 1 is 0.938 bits per heavy atom. The normalized spacial score (nSPS) is 16.2. The lowest BCUT2D eigenvalue weighted by atomic mass is 9.92. The van der Waals surface area contributed by atoms with Crippen molar-refractivity contribution in [3.63, 3.8) is 0 Å². The van der Waals surface area contributed by atoms with Gasteiger partial charge >= 0.3 is 0 Å². The lowest BCUT2D eigenvalue weighted by Crippen LogP contribution is -2.50. The molecule has 0 radical (unpaired) electrons. The van der Waals surface area contributed by atoms with Crippen molar-refractivity contribution >= 4 is 5.91 Å². The standard InChI is InChI=1S/C26H31FN4O/c1-26(2,3)23-18-22(29(4)28-23)25(32)31-16-14-30(15-17-31)24(19-8-6-5-7-9-19)20-10-12-21(27)13-11-20/h5-13,18,24H,14-17H2,1-4H3/t24-/m0/s1. The third kappa shape index (κ3) is 4.60. The van der Waals surface area contributed by atoms with Gasteiger partial charge in [0, 0.05) is 38.6 Å². The Kier molecular flexibility index (Phi) is 6.15. The van der Waals surface area contributed by atoms with E-state index in [0.29, 0.717) is 18.8 Å². The highest BCUT2D eigenvalue weighted by Crippen LogP contribution is 2.30. The second-order valence-corrected chi connectivity index (χ2v) is 9.48. The number of piperazine rings is 1. The molecule has 2 aromatic carbocycles. The van der Waals surface area contributed by atoms with Gasteiger partial charge in [0.15, 0.2) is 0 Å². The fraction of sp³-hybridized carbons (Fsp3) is 0.385. The highest BCUT2D eigenvalue weighted by molar-refractivity contribution is 5.92. The van der Waals surface area contributed by atoms with E-state index < -0.39 is 0 Å². The molecule has 1 fully saturated rings. The first kappa shape index (κ1) is 22.2. The first-order valence-electron chi connectivity index (χ1n) is 11.1. The van der Waals surface area contributed by atoms with Crippen LogP contribution in [0.3, 0.4) is 0 Å². The minimum Gasteiger partial charge on any atom is -0.335 e. The maximum atomic E-state index is 13.5. The molecule has 2 heterocycles. The summed E-state index contributed by atoms with van der Waals surface area (Å²) in [6.45, 7) is 9.06. The van der Waals surface area contributed by atoms with Crippen LogP contribution >= 0.6 is 0 Å². The van der Waals surface area contributed by atoms with Gasteiger partial charge in [-0.05, 0) is 29.3 Å². The van der Waals surface area contributed by atoms with Crippen LogP contribution in [0.5, 0.6) is 0 Å². The molecule has 3 aromatic rings. The molecule has 0 unspecified atom stereocenters. The molecule has 1 aromatic heterocycles. The summed E-state index contributed by atoms with van der Waals surface area (Å²) in [6.07, 6.45) is 0. The van der Waals surface area contributed by atoms with E-state index in [2.05, 4.69) is 42.9 Å².